The molecule has 56 valence electrons. The van der Waals surface area contributed by atoms with Crippen LogP contribution in [0.3, 0.4) is 0 Å². The number of halogens is 3. The first kappa shape index (κ1) is 8.71. The molecule has 0 saturated carbocycles. The zero-order valence-electron chi connectivity index (χ0n) is 5.50. The van der Waals surface area contributed by atoms with Crippen molar-refractivity contribution in [3.8, 4) is 0 Å². The molecule has 1 rings (SSSR count). The summed E-state index contributed by atoms with van der Waals surface area (Å²) in [5, 5.41) is 0. The minimum Gasteiger partial charge on any atom is -0.211 e. The molecule has 1 aliphatic carbocycles. The van der Waals surface area contributed by atoms with Gasteiger partial charge in [-0.2, -0.15) is 0 Å². The van der Waals surface area contributed by atoms with Crippen LogP contribution in [0.25, 0.3) is 0 Å². The Kier molecular flexibility index (Phi) is 2.55. The van der Waals surface area contributed by atoms with Crippen LogP contribution in [0.2, 0.25) is 0 Å². The maximum absolute atomic E-state index is 12.9. The molecule has 0 radical (unpaired) electrons. The molecular formula is C7H7BrFI. The zero-order valence-corrected chi connectivity index (χ0v) is 9.24. The Bertz CT molecular complexity index is 206. The summed E-state index contributed by atoms with van der Waals surface area (Å²) in [4.78, 5) is 0. The second-order valence-electron chi connectivity index (χ2n) is 2.54. The van der Waals surface area contributed by atoms with E-state index in [1.54, 1.807) is 6.08 Å². The van der Waals surface area contributed by atoms with Gasteiger partial charge < -0.3 is 0 Å². The minimum absolute atomic E-state index is 0.0255. The van der Waals surface area contributed by atoms with Crippen molar-refractivity contribution in [1.29, 1.82) is 0 Å². The van der Waals surface area contributed by atoms with E-state index in [2.05, 4.69) is 15.9 Å². The van der Waals surface area contributed by atoms with Crippen molar-refractivity contribution in [2.45, 2.75) is 17.7 Å². The molecule has 0 amide bonds. The summed E-state index contributed by atoms with van der Waals surface area (Å²) in [5.41, 5.74) is 0. The normalized spacial score (nSPS) is 33.2. The molecule has 10 heavy (non-hydrogen) atoms. The van der Waals surface area contributed by atoms with Gasteiger partial charge in [0.2, 0.25) is 0 Å². The Labute approximate surface area is 81.8 Å². The molecule has 1 unspecified atom stereocenters. The van der Waals surface area contributed by atoms with Gasteiger partial charge in [0.1, 0.15) is 5.83 Å². The molecule has 0 aromatic carbocycles. The van der Waals surface area contributed by atoms with Crippen LogP contribution in [-0.4, -0.2) is 4.32 Å². The highest BCUT2D eigenvalue weighted by Gasteiger charge is 2.23. The number of alkyl halides is 1. The first-order valence-electron chi connectivity index (χ1n) is 2.93. The van der Waals surface area contributed by atoms with Crippen LogP contribution in [0.1, 0.15) is 13.3 Å². The molecular weight excluding hydrogens is 310 g/mol. The quantitative estimate of drug-likeness (QED) is 0.472. The maximum Gasteiger partial charge on any atom is 0.115 e. The highest BCUT2D eigenvalue weighted by molar-refractivity contribution is 14.1. The Morgan fingerprint density at radius 1 is 1.80 bits per heavy atom. The third kappa shape index (κ3) is 2.05. The fourth-order valence-corrected chi connectivity index (χ4v) is 1.53. The number of hydrogen-bond donors (Lipinski definition) is 0. The molecule has 0 spiro atoms. The molecule has 1 aliphatic rings. The number of allylic oxidation sites excluding steroid dienone is 4. The van der Waals surface area contributed by atoms with Crippen LogP contribution in [0.15, 0.2) is 21.6 Å². The monoisotopic (exact) mass is 316 g/mol. The lowest BCUT2D eigenvalue weighted by atomic mass is 10.0. The van der Waals surface area contributed by atoms with Crippen LogP contribution in [0.5, 0.6) is 0 Å². The summed E-state index contributed by atoms with van der Waals surface area (Å²) in [6.07, 6.45) is 4.23. The highest BCUT2D eigenvalue weighted by Crippen LogP contribution is 2.36. The van der Waals surface area contributed by atoms with E-state index >= 15 is 0 Å². The molecule has 3 heteroatoms. The number of hydrogen-bond acceptors (Lipinski definition) is 0. The summed E-state index contributed by atoms with van der Waals surface area (Å²) < 4.78 is 13.4. The van der Waals surface area contributed by atoms with Gasteiger partial charge in [-0.1, -0.05) is 22.0 Å². The van der Waals surface area contributed by atoms with Crippen LogP contribution >= 0.6 is 38.5 Å². The molecule has 0 fully saturated rings. The van der Waals surface area contributed by atoms with E-state index in [0.29, 0.717) is 6.42 Å². The molecule has 0 N–H and O–H groups in total. The molecule has 0 aromatic heterocycles. The predicted octanol–water partition coefficient (Wildman–Crippen LogP) is 3.72. The first-order valence-corrected chi connectivity index (χ1v) is 4.81. The van der Waals surface area contributed by atoms with Gasteiger partial charge >= 0.3 is 0 Å². The lowest BCUT2D eigenvalue weighted by molar-refractivity contribution is 0.557. The molecule has 0 heterocycles. The lowest BCUT2D eigenvalue weighted by Gasteiger charge is -2.20. The summed E-state index contributed by atoms with van der Waals surface area (Å²) in [7, 11) is 0. The summed E-state index contributed by atoms with van der Waals surface area (Å²) in [5.74, 6) is -0.0255. The van der Waals surface area contributed by atoms with Gasteiger partial charge in [-0.15, -0.1) is 0 Å². The van der Waals surface area contributed by atoms with E-state index in [4.69, 9.17) is 0 Å². The van der Waals surface area contributed by atoms with Gasteiger partial charge in [0.15, 0.2) is 0 Å². The van der Waals surface area contributed by atoms with Gasteiger partial charge in [0.05, 0.1) is 0 Å². The fourth-order valence-electron chi connectivity index (χ4n) is 0.784. The van der Waals surface area contributed by atoms with E-state index in [0.717, 1.165) is 3.58 Å². The SMILES string of the molecule is CC1(Br)C=CC(I)=C(F)C1. The molecule has 0 nitrogen and oxygen atoms in total. The van der Waals surface area contributed by atoms with Crippen LogP contribution in [0.4, 0.5) is 4.39 Å². The molecule has 0 saturated heterocycles. The second kappa shape index (κ2) is 2.93. The average molecular weight is 317 g/mol. The molecule has 0 aliphatic heterocycles. The third-order valence-corrected chi connectivity index (χ3v) is 2.83. The smallest absolute Gasteiger partial charge is 0.115 e. The van der Waals surface area contributed by atoms with Crippen molar-refractivity contribution in [1.82, 2.24) is 0 Å². The summed E-state index contributed by atoms with van der Waals surface area (Å²) >= 11 is 5.39. The molecule has 0 aromatic rings. The van der Waals surface area contributed by atoms with E-state index in [-0.39, 0.29) is 10.2 Å². The van der Waals surface area contributed by atoms with Crippen LogP contribution in [-0.2, 0) is 0 Å². The Morgan fingerprint density at radius 3 is 2.80 bits per heavy atom. The van der Waals surface area contributed by atoms with Crippen molar-refractivity contribution in [3.63, 3.8) is 0 Å². The van der Waals surface area contributed by atoms with Gasteiger partial charge in [-0.05, 0) is 35.6 Å². The van der Waals surface area contributed by atoms with Crippen molar-refractivity contribution in [3.05, 3.63) is 21.6 Å². The van der Waals surface area contributed by atoms with Gasteiger partial charge in [0.25, 0.3) is 0 Å². The third-order valence-electron chi connectivity index (χ3n) is 1.34. The standard InChI is InChI=1S/C7H7BrFI/c1-7(8)3-2-6(10)5(9)4-7/h2-3H,4H2,1H3. The second-order valence-corrected chi connectivity index (χ2v) is 5.51. The van der Waals surface area contributed by atoms with Crippen LogP contribution in [0, 0.1) is 0 Å². The topological polar surface area (TPSA) is 0 Å². The zero-order chi connectivity index (χ0) is 7.78. The Hall–Kier alpha value is 0.620. The highest BCUT2D eigenvalue weighted by atomic mass is 127. The Morgan fingerprint density at radius 2 is 2.40 bits per heavy atom. The minimum atomic E-state index is -0.175. The molecule has 1 atom stereocenters. The maximum atomic E-state index is 12.9. The lowest BCUT2D eigenvalue weighted by Crippen LogP contribution is -2.14. The van der Waals surface area contributed by atoms with Crippen molar-refractivity contribution in [2.24, 2.45) is 0 Å². The fraction of sp³-hybridized carbons (Fsp3) is 0.429. The van der Waals surface area contributed by atoms with Crippen molar-refractivity contribution in [2.75, 3.05) is 0 Å². The van der Waals surface area contributed by atoms with Crippen molar-refractivity contribution < 1.29 is 4.39 Å². The summed E-state index contributed by atoms with van der Waals surface area (Å²) in [6, 6.07) is 0. The average Bonchev–Trinajstić information content (AvgIpc) is 1.79. The van der Waals surface area contributed by atoms with Gasteiger partial charge in [-0.3, -0.25) is 0 Å². The first-order chi connectivity index (χ1) is 4.51. The van der Waals surface area contributed by atoms with Gasteiger partial charge in [-0.25, -0.2) is 4.39 Å². The Balaban J connectivity index is 2.85. The van der Waals surface area contributed by atoms with Crippen LogP contribution < -0.4 is 0 Å². The van der Waals surface area contributed by atoms with E-state index < -0.39 is 0 Å². The van der Waals surface area contributed by atoms with E-state index in [1.165, 1.54) is 0 Å². The predicted molar refractivity (Wildman–Crippen MR) is 53.2 cm³/mol. The van der Waals surface area contributed by atoms with Crippen molar-refractivity contribution >= 4 is 38.5 Å². The summed E-state index contributed by atoms with van der Waals surface area (Å²) in [6.45, 7) is 1.95. The van der Waals surface area contributed by atoms with E-state index in [9.17, 15) is 4.39 Å². The molecule has 0 bridgehead atoms. The number of rotatable bonds is 0. The van der Waals surface area contributed by atoms with Gasteiger partial charge in [0, 0.05) is 14.3 Å². The largest absolute Gasteiger partial charge is 0.211 e. The van der Waals surface area contributed by atoms with E-state index in [1.807, 2.05) is 35.6 Å².